The van der Waals surface area contributed by atoms with Crippen LogP contribution in [0.2, 0.25) is 0 Å². The number of carbonyl (C=O) groups excluding carboxylic acids is 1. The molecule has 1 aromatic carbocycles. The van der Waals surface area contributed by atoms with Crippen LogP contribution < -0.4 is 0 Å². The van der Waals surface area contributed by atoms with Crippen molar-refractivity contribution in [2.45, 2.75) is 24.1 Å². The molecule has 86 valence electrons. The Morgan fingerprint density at radius 1 is 1.38 bits per heavy atom. The Labute approximate surface area is 105 Å². The van der Waals surface area contributed by atoms with Crippen molar-refractivity contribution in [3.8, 4) is 0 Å². The fourth-order valence-corrected chi connectivity index (χ4v) is 2.71. The van der Waals surface area contributed by atoms with Gasteiger partial charge in [-0.05, 0) is 18.4 Å². The van der Waals surface area contributed by atoms with Gasteiger partial charge in [0.25, 0.3) is 0 Å². The van der Waals surface area contributed by atoms with Crippen LogP contribution in [0.3, 0.4) is 0 Å². The van der Waals surface area contributed by atoms with Gasteiger partial charge < -0.3 is 4.90 Å². The lowest BCUT2D eigenvalue weighted by Gasteiger charge is -2.30. The second-order valence-corrected chi connectivity index (χ2v) is 5.54. The molecule has 1 aromatic rings. The fraction of sp³-hybridized carbons (Fsp3) is 0.462. The molecule has 1 atom stereocenters. The zero-order valence-electron chi connectivity index (χ0n) is 9.23. The summed E-state index contributed by atoms with van der Waals surface area (Å²) in [5, 5.41) is 0. The quantitative estimate of drug-likeness (QED) is 0.764. The van der Waals surface area contributed by atoms with E-state index in [9.17, 15) is 4.79 Å². The van der Waals surface area contributed by atoms with Crippen molar-refractivity contribution in [2.75, 3.05) is 13.1 Å². The highest BCUT2D eigenvalue weighted by atomic mass is 79.9. The lowest BCUT2D eigenvalue weighted by molar-refractivity contribution is -0.131. The molecule has 0 radical (unpaired) electrons. The number of rotatable bonds is 2. The number of benzene rings is 1. The van der Waals surface area contributed by atoms with E-state index < -0.39 is 0 Å². The molecule has 1 saturated heterocycles. The summed E-state index contributed by atoms with van der Waals surface area (Å²) in [4.78, 5) is 14.5. The zero-order chi connectivity index (χ0) is 11.4. The number of hydrogen-bond donors (Lipinski definition) is 0. The molecular weight excluding hydrogens is 266 g/mol. The van der Waals surface area contributed by atoms with Crippen molar-refractivity contribution in [1.29, 1.82) is 0 Å². The van der Waals surface area contributed by atoms with Gasteiger partial charge in [-0.1, -0.05) is 46.3 Å². The summed E-state index contributed by atoms with van der Waals surface area (Å²) in [5.41, 5.74) is 1.10. The van der Waals surface area contributed by atoms with Gasteiger partial charge in [-0.3, -0.25) is 4.79 Å². The first-order valence-electron chi connectivity index (χ1n) is 5.71. The minimum absolute atomic E-state index is 0.246. The molecule has 1 aliphatic heterocycles. The minimum atomic E-state index is 0.246. The van der Waals surface area contributed by atoms with Crippen molar-refractivity contribution in [2.24, 2.45) is 0 Å². The van der Waals surface area contributed by atoms with Crippen molar-refractivity contribution in [1.82, 2.24) is 4.90 Å². The van der Waals surface area contributed by atoms with Gasteiger partial charge in [0.2, 0.25) is 5.91 Å². The SMILES string of the molecule is O=C(Cc1ccccc1)N1CCCC(Br)C1. The highest BCUT2D eigenvalue weighted by molar-refractivity contribution is 9.09. The van der Waals surface area contributed by atoms with Gasteiger partial charge >= 0.3 is 0 Å². The summed E-state index contributed by atoms with van der Waals surface area (Å²) in [5.74, 6) is 0.246. The van der Waals surface area contributed by atoms with Crippen LogP contribution in [-0.2, 0) is 11.2 Å². The predicted molar refractivity (Wildman–Crippen MR) is 68.7 cm³/mol. The van der Waals surface area contributed by atoms with Crippen LogP contribution in [0, 0.1) is 0 Å². The second-order valence-electron chi connectivity index (χ2n) is 4.24. The summed E-state index contributed by atoms with van der Waals surface area (Å²) in [7, 11) is 0. The minimum Gasteiger partial charge on any atom is -0.341 e. The molecule has 3 heteroatoms. The highest BCUT2D eigenvalue weighted by Crippen LogP contribution is 2.17. The Morgan fingerprint density at radius 2 is 2.12 bits per heavy atom. The van der Waals surface area contributed by atoms with E-state index in [0.717, 1.165) is 25.1 Å². The smallest absolute Gasteiger partial charge is 0.227 e. The van der Waals surface area contributed by atoms with Gasteiger partial charge in [0.15, 0.2) is 0 Å². The first-order chi connectivity index (χ1) is 7.75. The molecule has 1 heterocycles. The molecule has 0 bridgehead atoms. The van der Waals surface area contributed by atoms with Crippen LogP contribution >= 0.6 is 15.9 Å². The van der Waals surface area contributed by atoms with Gasteiger partial charge in [-0.15, -0.1) is 0 Å². The molecule has 0 aromatic heterocycles. The average molecular weight is 282 g/mol. The van der Waals surface area contributed by atoms with Crippen LogP contribution in [0.1, 0.15) is 18.4 Å². The third-order valence-electron chi connectivity index (χ3n) is 2.91. The van der Waals surface area contributed by atoms with E-state index in [4.69, 9.17) is 0 Å². The predicted octanol–water partition coefficient (Wildman–Crippen LogP) is 2.62. The lowest BCUT2D eigenvalue weighted by Crippen LogP contribution is -2.41. The normalized spacial score (nSPS) is 20.8. The maximum atomic E-state index is 12.0. The molecule has 16 heavy (non-hydrogen) atoms. The largest absolute Gasteiger partial charge is 0.341 e. The van der Waals surface area contributed by atoms with Crippen molar-refractivity contribution >= 4 is 21.8 Å². The standard InChI is InChI=1S/C13H16BrNO/c14-12-7-4-8-15(10-12)13(16)9-11-5-2-1-3-6-11/h1-3,5-6,12H,4,7-10H2. The molecular formula is C13H16BrNO. The van der Waals surface area contributed by atoms with E-state index in [1.54, 1.807) is 0 Å². The average Bonchev–Trinajstić information content (AvgIpc) is 2.30. The summed E-state index contributed by atoms with van der Waals surface area (Å²) in [6, 6.07) is 9.95. The van der Waals surface area contributed by atoms with Crippen molar-refractivity contribution in [3.63, 3.8) is 0 Å². The Kier molecular flexibility index (Phi) is 3.99. The van der Waals surface area contributed by atoms with Crippen molar-refractivity contribution in [3.05, 3.63) is 35.9 Å². The van der Waals surface area contributed by atoms with Crippen molar-refractivity contribution < 1.29 is 4.79 Å². The van der Waals surface area contributed by atoms with Crippen LogP contribution in [-0.4, -0.2) is 28.7 Å². The summed E-state index contributed by atoms with van der Waals surface area (Å²) < 4.78 is 0. The van der Waals surface area contributed by atoms with E-state index >= 15 is 0 Å². The fourth-order valence-electron chi connectivity index (χ4n) is 2.03. The summed E-state index contributed by atoms with van der Waals surface area (Å²) in [6.07, 6.45) is 2.81. The summed E-state index contributed by atoms with van der Waals surface area (Å²) in [6.45, 7) is 1.76. The number of halogens is 1. The monoisotopic (exact) mass is 281 g/mol. The number of alkyl halides is 1. The number of likely N-dealkylation sites (tertiary alicyclic amines) is 1. The molecule has 0 N–H and O–H groups in total. The van der Waals surface area contributed by atoms with E-state index in [1.807, 2.05) is 35.2 Å². The number of piperidine rings is 1. The topological polar surface area (TPSA) is 20.3 Å². The van der Waals surface area contributed by atoms with Gasteiger partial charge in [-0.2, -0.15) is 0 Å². The van der Waals surface area contributed by atoms with E-state index in [0.29, 0.717) is 11.2 Å². The Morgan fingerprint density at radius 3 is 2.81 bits per heavy atom. The maximum Gasteiger partial charge on any atom is 0.227 e. The van der Waals surface area contributed by atoms with Gasteiger partial charge in [-0.25, -0.2) is 0 Å². The van der Waals surface area contributed by atoms with E-state index in [-0.39, 0.29) is 5.91 Å². The molecule has 2 nitrogen and oxygen atoms in total. The first kappa shape index (κ1) is 11.6. The maximum absolute atomic E-state index is 12.0. The third kappa shape index (κ3) is 3.08. The van der Waals surface area contributed by atoms with E-state index in [1.165, 1.54) is 6.42 Å². The second kappa shape index (κ2) is 5.48. The number of carbonyl (C=O) groups is 1. The molecule has 0 spiro atoms. The third-order valence-corrected chi connectivity index (χ3v) is 3.66. The highest BCUT2D eigenvalue weighted by Gasteiger charge is 2.21. The zero-order valence-corrected chi connectivity index (χ0v) is 10.8. The van der Waals surface area contributed by atoms with Gasteiger partial charge in [0.1, 0.15) is 0 Å². The lowest BCUT2D eigenvalue weighted by atomic mass is 10.1. The van der Waals surface area contributed by atoms with Crippen LogP contribution in [0.25, 0.3) is 0 Å². The molecule has 1 amide bonds. The van der Waals surface area contributed by atoms with E-state index in [2.05, 4.69) is 15.9 Å². The van der Waals surface area contributed by atoms with Crippen LogP contribution in [0.5, 0.6) is 0 Å². The van der Waals surface area contributed by atoms with Crippen LogP contribution in [0.15, 0.2) is 30.3 Å². The van der Waals surface area contributed by atoms with Gasteiger partial charge in [0.05, 0.1) is 6.42 Å². The summed E-state index contributed by atoms with van der Waals surface area (Å²) >= 11 is 3.59. The molecule has 2 rings (SSSR count). The number of hydrogen-bond acceptors (Lipinski definition) is 1. The number of amides is 1. The van der Waals surface area contributed by atoms with Gasteiger partial charge in [0, 0.05) is 17.9 Å². The molecule has 0 saturated carbocycles. The Balaban J connectivity index is 1.93. The molecule has 1 unspecified atom stereocenters. The Bertz CT molecular complexity index is 352. The number of nitrogens with zero attached hydrogens (tertiary/aromatic N) is 1. The first-order valence-corrected chi connectivity index (χ1v) is 6.63. The van der Waals surface area contributed by atoms with Crippen LogP contribution in [0.4, 0.5) is 0 Å². The Hall–Kier alpha value is -0.830. The molecule has 1 aliphatic rings. The molecule has 0 aliphatic carbocycles. The molecule has 1 fully saturated rings.